The molecule has 0 aromatic heterocycles. The van der Waals surface area contributed by atoms with Gasteiger partial charge in [0.05, 0.1) is 0 Å². The molecule has 0 unspecified atom stereocenters. The number of nitrogens with zero attached hydrogens (tertiary/aromatic N) is 1. The minimum atomic E-state index is 0.473. The van der Waals surface area contributed by atoms with E-state index in [0.29, 0.717) is 6.61 Å². The van der Waals surface area contributed by atoms with Crippen LogP contribution in [0.15, 0.2) is 53.7 Å². The topological polar surface area (TPSA) is 21.6 Å². The lowest BCUT2D eigenvalue weighted by atomic mass is 10.1. The summed E-state index contributed by atoms with van der Waals surface area (Å²) in [7, 11) is 0. The zero-order valence-corrected chi connectivity index (χ0v) is 11.4. The molecule has 2 heteroatoms. The molecule has 0 aliphatic rings. The number of rotatable bonds is 5. The third-order valence-electron chi connectivity index (χ3n) is 2.93. The minimum Gasteiger partial charge on any atom is -0.390 e. The van der Waals surface area contributed by atoms with Crippen molar-refractivity contribution in [2.75, 3.05) is 0 Å². The van der Waals surface area contributed by atoms with Gasteiger partial charge in [-0.15, -0.1) is 0 Å². The molecule has 0 aliphatic carbocycles. The monoisotopic (exact) mass is 252 g/mol. The maximum Gasteiger partial charge on any atom is 0.142 e. The van der Waals surface area contributed by atoms with E-state index in [1.165, 1.54) is 11.1 Å². The maximum atomic E-state index is 5.25. The summed E-state index contributed by atoms with van der Waals surface area (Å²) >= 11 is 0. The van der Waals surface area contributed by atoms with Gasteiger partial charge in [0.1, 0.15) is 12.8 Å². The van der Waals surface area contributed by atoms with Gasteiger partial charge < -0.3 is 4.84 Å². The summed E-state index contributed by atoms with van der Waals surface area (Å²) in [6, 6.07) is 16.4. The second kappa shape index (κ2) is 6.74. The average Bonchev–Trinajstić information content (AvgIpc) is 2.46. The third-order valence-corrected chi connectivity index (χ3v) is 2.93. The van der Waals surface area contributed by atoms with Gasteiger partial charge in [0.25, 0.3) is 0 Å². The molecule has 0 heterocycles. The molecule has 1 radical (unpaired) electrons. The zero-order valence-electron chi connectivity index (χ0n) is 11.4. The van der Waals surface area contributed by atoms with Crippen LogP contribution in [-0.2, 0) is 17.9 Å². The fourth-order valence-electron chi connectivity index (χ4n) is 1.74. The highest BCUT2D eigenvalue weighted by Gasteiger charge is 1.94. The van der Waals surface area contributed by atoms with Crippen molar-refractivity contribution in [3.63, 3.8) is 0 Å². The first-order valence-electron chi connectivity index (χ1n) is 6.50. The molecule has 0 N–H and O–H groups in total. The predicted molar refractivity (Wildman–Crippen MR) is 78.3 cm³/mol. The van der Waals surface area contributed by atoms with Crippen LogP contribution in [0.4, 0.5) is 0 Å². The molecular weight excluding hydrogens is 234 g/mol. The molecule has 0 fully saturated rings. The fourth-order valence-corrected chi connectivity index (χ4v) is 1.74. The summed E-state index contributed by atoms with van der Waals surface area (Å²) < 4.78 is 0. The normalized spacial score (nSPS) is 10.8. The standard InChI is InChI=1S/C17H18NO/c1-3-15-5-4-6-17(11-15)12-18-19-13-16-9-7-14(2)8-10-16/h4-11H,3,13H2,1-2H3. The Balaban J connectivity index is 1.87. The lowest BCUT2D eigenvalue weighted by Gasteiger charge is -2.00. The SMILES string of the molecule is CCc1cccc(/[C]=N\OCc2ccc(C)cc2)c1. The number of aryl methyl sites for hydroxylation is 2. The molecule has 0 saturated heterocycles. The van der Waals surface area contributed by atoms with Crippen LogP contribution in [0.5, 0.6) is 0 Å². The second-order valence-corrected chi connectivity index (χ2v) is 4.52. The van der Waals surface area contributed by atoms with Gasteiger partial charge in [-0.2, -0.15) is 0 Å². The van der Waals surface area contributed by atoms with E-state index in [1.807, 2.05) is 24.3 Å². The summed E-state index contributed by atoms with van der Waals surface area (Å²) in [5.41, 5.74) is 4.58. The highest BCUT2D eigenvalue weighted by atomic mass is 16.6. The van der Waals surface area contributed by atoms with E-state index in [0.717, 1.165) is 17.5 Å². The Bertz CT molecular complexity index is 543. The minimum absolute atomic E-state index is 0.473. The summed E-state index contributed by atoms with van der Waals surface area (Å²) in [4.78, 5) is 5.25. The Labute approximate surface area is 114 Å². The summed E-state index contributed by atoms with van der Waals surface area (Å²) in [5, 5.41) is 3.88. The molecule has 0 bridgehead atoms. The van der Waals surface area contributed by atoms with Crippen LogP contribution in [-0.4, -0.2) is 6.21 Å². The molecule has 2 aromatic rings. The van der Waals surface area contributed by atoms with Crippen molar-refractivity contribution >= 4 is 6.21 Å². The van der Waals surface area contributed by atoms with Crippen LogP contribution in [0.3, 0.4) is 0 Å². The fraction of sp³-hybridized carbons (Fsp3) is 0.235. The first-order chi connectivity index (χ1) is 9.28. The molecule has 97 valence electrons. The Kier molecular flexibility index (Phi) is 4.73. The summed E-state index contributed by atoms with van der Waals surface area (Å²) in [6.45, 7) is 4.67. The van der Waals surface area contributed by atoms with Gasteiger partial charge in [-0.05, 0) is 30.5 Å². The smallest absolute Gasteiger partial charge is 0.142 e. The first kappa shape index (κ1) is 13.3. The molecule has 0 atom stereocenters. The van der Waals surface area contributed by atoms with Crippen molar-refractivity contribution < 1.29 is 4.84 Å². The maximum absolute atomic E-state index is 5.25. The van der Waals surface area contributed by atoms with Crippen molar-refractivity contribution in [2.24, 2.45) is 5.16 Å². The van der Waals surface area contributed by atoms with Gasteiger partial charge in [0.2, 0.25) is 0 Å². The summed E-state index contributed by atoms with van der Waals surface area (Å²) in [6.07, 6.45) is 3.92. The van der Waals surface area contributed by atoms with Crippen LogP contribution in [0, 0.1) is 6.92 Å². The first-order valence-corrected chi connectivity index (χ1v) is 6.50. The molecule has 19 heavy (non-hydrogen) atoms. The van der Waals surface area contributed by atoms with E-state index >= 15 is 0 Å². The van der Waals surface area contributed by atoms with E-state index in [9.17, 15) is 0 Å². The Hall–Kier alpha value is -2.09. The lowest BCUT2D eigenvalue weighted by Crippen LogP contribution is -1.89. The van der Waals surface area contributed by atoms with E-state index in [1.54, 1.807) is 0 Å². The Morgan fingerprint density at radius 3 is 2.58 bits per heavy atom. The lowest BCUT2D eigenvalue weighted by molar-refractivity contribution is 0.132. The van der Waals surface area contributed by atoms with Crippen LogP contribution < -0.4 is 0 Å². The van der Waals surface area contributed by atoms with Crippen LogP contribution in [0.25, 0.3) is 0 Å². The van der Waals surface area contributed by atoms with Gasteiger partial charge in [0.15, 0.2) is 0 Å². The van der Waals surface area contributed by atoms with Crippen molar-refractivity contribution in [1.82, 2.24) is 0 Å². The zero-order chi connectivity index (χ0) is 13.5. The quantitative estimate of drug-likeness (QED) is 0.582. The van der Waals surface area contributed by atoms with Gasteiger partial charge in [-0.3, -0.25) is 0 Å². The van der Waals surface area contributed by atoms with Crippen molar-refractivity contribution in [3.8, 4) is 0 Å². The van der Waals surface area contributed by atoms with Gasteiger partial charge >= 0.3 is 0 Å². The Morgan fingerprint density at radius 2 is 1.84 bits per heavy atom. The second-order valence-electron chi connectivity index (χ2n) is 4.52. The van der Waals surface area contributed by atoms with E-state index in [-0.39, 0.29) is 0 Å². The molecule has 0 aliphatic heterocycles. The number of benzene rings is 2. The van der Waals surface area contributed by atoms with E-state index in [4.69, 9.17) is 4.84 Å². The average molecular weight is 252 g/mol. The molecule has 2 aromatic carbocycles. The van der Waals surface area contributed by atoms with Crippen LogP contribution >= 0.6 is 0 Å². The Morgan fingerprint density at radius 1 is 1.05 bits per heavy atom. The van der Waals surface area contributed by atoms with E-state index < -0.39 is 0 Å². The molecule has 0 amide bonds. The molecule has 0 saturated carbocycles. The largest absolute Gasteiger partial charge is 0.390 e. The van der Waals surface area contributed by atoms with E-state index in [2.05, 4.69) is 49.5 Å². The molecule has 2 rings (SSSR count). The van der Waals surface area contributed by atoms with Gasteiger partial charge in [0, 0.05) is 5.56 Å². The van der Waals surface area contributed by atoms with Crippen molar-refractivity contribution in [1.29, 1.82) is 0 Å². The highest BCUT2D eigenvalue weighted by molar-refractivity contribution is 5.79. The summed E-state index contributed by atoms with van der Waals surface area (Å²) in [5.74, 6) is 0. The molecule has 2 nitrogen and oxygen atoms in total. The predicted octanol–water partition coefficient (Wildman–Crippen LogP) is 3.99. The van der Waals surface area contributed by atoms with Crippen molar-refractivity contribution in [2.45, 2.75) is 26.9 Å². The highest BCUT2D eigenvalue weighted by Crippen LogP contribution is 2.06. The molecular formula is C17H18NO. The van der Waals surface area contributed by atoms with Crippen molar-refractivity contribution in [3.05, 3.63) is 70.8 Å². The van der Waals surface area contributed by atoms with Gasteiger partial charge in [-0.1, -0.05) is 60.1 Å². The third kappa shape index (κ3) is 4.25. The van der Waals surface area contributed by atoms with Gasteiger partial charge in [-0.25, -0.2) is 0 Å². The van der Waals surface area contributed by atoms with Crippen LogP contribution in [0.1, 0.15) is 29.2 Å². The number of hydrogen-bond donors (Lipinski definition) is 0. The molecule has 0 spiro atoms. The van der Waals surface area contributed by atoms with Crippen LogP contribution in [0.2, 0.25) is 0 Å². The number of hydrogen-bond acceptors (Lipinski definition) is 2.